The normalized spacial score (nSPS) is 36.4. The highest BCUT2D eigenvalue weighted by Gasteiger charge is 2.68. The highest BCUT2D eigenvalue weighted by atomic mass is 79.9. The first-order valence-electron chi connectivity index (χ1n) is 26.7. The van der Waals surface area contributed by atoms with Crippen molar-refractivity contribution in [3.8, 4) is 0 Å². The van der Waals surface area contributed by atoms with E-state index in [1.54, 1.807) is 36.4 Å². The molecule has 4 unspecified atom stereocenters. The van der Waals surface area contributed by atoms with E-state index >= 15 is 0 Å². The molecule has 0 amide bonds. The Balaban J connectivity index is 0.000000191. The number of fused-ring (bicyclic) bond motifs is 3. The average Bonchev–Trinajstić information content (AvgIpc) is 4.05. The van der Waals surface area contributed by atoms with Crippen molar-refractivity contribution in [2.75, 3.05) is 13.2 Å². The zero-order valence-electron chi connectivity index (χ0n) is 43.2. The summed E-state index contributed by atoms with van der Waals surface area (Å²) in [5.74, 6) is -1.83. The van der Waals surface area contributed by atoms with E-state index in [0.717, 1.165) is 17.3 Å². The molecule has 9 aliphatic heterocycles. The van der Waals surface area contributed by atoms with Crippen molar-refractivity contribution in [1.29, 1.82) is 1.28 Å². The first kappa shape index (κ1) is 58.6. The fourth-order valence-corrected chi connectivity index (χ4v) is 12.5. The van der Waals surface area contributed by atoms with Crippen molar-refractivity contribution in [3.05, 3.63) is 93.9 Å². The second-order valence-electron chi connectivity index (χ2n) is 20.6. The maximum absolute atomic E-state index is 12.8. The molecule has 0 spiro atoms. The quantitative estimate of drug-likeness (QED) is 0.0774. The van der Waals surface area contributed by atoms with Crippen LogP contribution in [0.5, 0.6) is 0 Å². The van der Waals surface area contributed by atoms with Gasteiger partial charge in [0.2, 0.25) is 0 Å². The summed E-state index contributed by atoms with van der Waals surface area (Å²) in [5.41, 5.74) is 0.941. The number of Topliss-reactive ketones (excluding diaryl/α,β-unsaturated/α-hetero) is 1. The fraction of sp³-hybridized carbons (Fsp3) is 0.648. The summed E-state index contributed by atoms with van der Waals surface area (Å²) >= 11 is 11.0. The molecule has 6 bridgehead atoms. The van der Waals surface area contributed by atoms with Crippen molar-refractivity contribution in [3.63, 3.8) is 0 Å². The minimum atomic E-state index is -1.06. The minimum Gasteiger partial charge on any atom is -0.458 e. The van der Waals surface area contributed by atoms with Crippen LogP contribution < -0.4 is 0 Å². The molecule has 17 nitrogen and oxygen atoms in total. The number of hydrogen-bond acceptors (Lipinski definition) is 18. The first-order chi connectivity index (χ1) is 36.9. The molecule has 0 saturated carbocycles. The number of benzene rings is 2. The van der Waals surface area contributed by atoms with Crippen LogP contribution >= 0.6 is 47.8 Å². The summed E-state index contributed by atoms with van der Waals surface area (Å²) in [6.45, 7) is 6.99. The van der Waals surface area contributed by atoms with Gasteiger partial charge in [-0.25, -0.2) is 9.59 Å². The van der Waals surface area contributed by atoms with E-state index in [9.17, 15) is 34.8 Å². The number of halogens is 2. The Morgan fingerprint density at radius 3 is 1.74 bits per heavy atom. The highest BCUT2D eigenvalue weighted by molar-refractivity contribution is 9.12. The molecule has 2 aromatic rings. The van der Waals surface area contributed by atoms with Gasteiger partial charge in [0.25, 0.3) is 0 Å². The number of aliphatic hydroxyl groups excluding tert-OH is 4. The molecule has 9 heterocycles. The van der Waals surface area contributed by atoms with Gasteiger partial charge in [0.15, 0.2) is 24.6 Å². The molecule has 22 heteroatoms. The second kappa shape index (κ2) is 28.1. The molecule has 11 rings (SSSR count). The van der Waals surface area contributed by atoms with Gasteiger partial charge in [-0.1, -0.05) is 81.4 Å². The summed E-state index contributed by atoms with van der Waals surface area (Å²) in [5, 5.41) is 40.4. The zero-order valence-corrected chi connectivity index (χ0v) is 48.2. The van der Waals surface area contributed by atoms with Gasteiger partial charge in [-0.3, -0.25) is 4.79 Å². The van der Waals surface area contributed by atoms with Gasteiger partial charge >= 0.3 is 13.2 Å². The lowest BCUT2D eigenvalue weighted by Gasteiger charge is -2.47. The van der Waals surface area contributed by atoms with Crippen molar-refractivity contribution >= 4 is 77.3 Å². The van der Waals surface area contributed by atoms with Gasteiger partial charge in [-0.15, -0.1) is 0 Å². The number of carbonyl (C=O) groups excluding carboxylic acids is 3. The van der Waals surface area contributed by atoms with Gasteiger partial charge in [0.1, 0.15) is 79.0 Å². The Bertz CT molecular complexity index is 2350. The number of ether oxygens (including phenoxy) is 10. The lowest BCUT2D eigenvalue weighted by Crippen LogP contribution is -2.61. The first-order valence-corrected chi connectivity index (χ1v) is 31.3. The van der Waals surface area contributed by atoms with Crippen molar-refractivity contribution in [2.24, 2.45) is 0 Å². The number of esters is 2. The summed E-state index contributed by atoms with van der Waals surface area (Å²) in [6.07, 6.45) is -0.749. The van der Waals surface area contributed by atoms with Gasteiger partial charge < -0.3 is 67.8 Å². The number of aliphatic hydroxyl groups is 4. The lowest BCUT2D eigenvalue weighted by atomic mass is 9.87. The Labute approximate surface area is 470 Å². The third kappa shape index (κ3) is 14.9. The van der Waals surface area contributed by atoms with Crippen LogP contribution in [0.4, 0.5) is 0 Å². The highest BCUT2D eigenvalue weighted by Crippen LogP contribution is 2.54. The van der Waals surface area contributed by atoms with Gasteiger partial charge in [0.05, 0.1) is 56.7 Å². The molecular formula is C54H71Br2O17P2S+. The van der Waals surface area contributed by atoms with E-state index in [1.807, 2.05) is 24.3 Å². The number of ketones is 1. The molecule has 418 valence electrons. The maximum atomic E-state index is 12.8. The average molecular weight is 1250 g/mol. The van der Waals surface area contributed by atoms with E-state index in [1.165, 1.54) is 0 Å². The van der Waals surface area contributed by atoms with Crippen molar-refractivity contribution < 1.29 is 82.2 Å². The standard InChI is InChI=1S/C27H35BrO9.C27H33BrO8.H2P2S/c1-15(28)13-19(35-27(33)16-5-3-2-4-6-16)8-7-17(30)14-21-22(31)25-26(37-21)23(32)24-20(36-25)10-9-18(34-24)11-12-29;1-15(28)13-18(32-26(30)16-5-3-2-4-6-16)9-11-27-14-20-22(35-27)23-24(34-20)25(36-27)21-19(33-23)8-7-17(31-21)10-12-29;1-2-3/h2-6,18-26,29,31-32H,1,7-14H2;2-6,17-25,29H,1,7-14H2;1H2/p+1/t18-,19-,20+,21-,22+,23+,24+,25+,26+;17-,18-,19+,20?,21+,22+,23+,24-,25?,27+;/m11./s1/i/hT. The van der Waals surface area contributed by atoms with Gasteiger partial charge in [0, 0.05) is 51.7 Å². The lowest BCUT2D eigenvalue weighted by molar-refractivity contribution is -0.293. The van der Waals surface area contributed by atoms with Crippen LogP contribution in [0.25, 0.3) is 0 Å². The number of rotatable bonds is 20. The topological polar surface area (TPSA) is 224 Å². The van der Waals surface area contributed by atoms with Crippen LogP contribution in [0.2, 0.25) is 0 Å². The molecule has 0 radical (unpaired) electrons. The Hall–Kier alpha value is -2.04. The van der Waals surface area contributed by atoms with E-state index in [2.05, 4.69) is 65.8 Å². The van der Waals surface area contributed by atoms with E-state index in [4.69, 9.17) is 48.6 Å². The number of hydrogen-bond donors (Lipinski definition) is 4. The molecular weight excluding hydrogens is 1170 g/mol. The molecule has 76 heavy (non-hydrogen) atoms. The number of carbonyl (C=O) groups is 3. The van der Waals surface area contributed by atoms with Crippen LogP contribution in [-0.2, 0) is 64.0 Å². The zero-order chi connectivity index (χ0) is 55.0. The molecule has 2 aromatic carbocycles. The fourth-order valence-electron chi connectivity index (χ4n) is 11.8. The Morgan fingerprint density at radius 2 is 1.17 bits per heavy atom. The predicted octanol–water partition coefficient (Wildman–Crippen LogP) is 6.99. The summed E-state index contributed by atoms with van der Waals surface area (Å²) in [4.78, 5) is 38.1. The molecule has 9 aliphatic rings. The minimum absolute atomic E-state index is 0.000520. The van der Waals surface area contributed by atoms with E-state index < -0.39 is 61.5 Å². The Morgan fingerprint density at radius 1 is 0.684 bits per heavy atom. The maximum Gasteiger partial charge on any atom is 0.355 e. The molecule has 0 aliphatic carbocycles. The van der Waals surface area contributed by atoms with Crippen LogP contribution in [0.3, 0.4) is 0 Å². The molecule has 0 aromatic heterocycles. The smallest absolute Gasteiger partial charge is 0.355 e. The predicted molar refractivity (Wildman–Crippen MR) is 293 cm³/mol. The molecule has 21 atom stereocenters. The second-order valence-corrected chi connectivity index (χ2v) is 25.6. The monoisotopic (exact) mass is 1250 g/mol. The van der Waals surface area contributed by atoms with Gasteiger partial charge in [-0.05, 0) is 84.6 Å². The van der Waals surface area contributed by atoms with Gasteiger partial charge in [-0.2, -0.15) is 0 Å². The van der Waals surface area contributed by atoms with E-state index in [-0.39, 0.29) is 105 Å². The summed E-state index contributed by atoms with van der Waals surface area (Å²) in [7, 11) is 2.20. The van der Waals surface area contributed by atoms with Crippen molar-refractivity contribution in [2.45, 2.75) is 206 Å². The van der Waals surface area contributed by atoms with Crippen LogP contribution in [0, 0.1) is 0 Å². The Kier molecular flexibility index (Phi) is 21.7. The molecule has 9 fully saturated rings. The molecule has 4 N–H and O–H groups in total. The molecule has 9 saturated heterocycles. The van der Waals surface area contributed by atoms with Crippen LogP contribution in [0.15, 0.2) is 82.8 Å². The summed E-state index contributed by atoms with van der Waals surface area (Å²) < 4.78 is 69.8. The van der Waals surface area contributed by atoms with E-state index in [0.29, 0.717) is 79.8 Å². The van der Waals surface area contributed by atoms with Crippen LogP contribution in [0.1, 0.15) is 111 Å². The summed E-state index contributed by atoms with van der Waals surface area (Å²) in [6, 6.07) is 17.6. The third-order valence-corrected chi connectivity index (χ3v) is 15.9. The van der Waals surface area contributed by atoms with Crippen molar-refractivity contribution in [1.82, 2.24) is 0 Å². The SMILES string of the molecule is C=C(Br)C[C@@H](CCC(=O)C[C@H]1O[C@H]2[C@@H](O)[C@H]3O[C@@H](CCO)CC[C@@H]3O[C@H]2[C@H]1O)OC(=O)c1ccccc1.C=C(Br)C[C@@H](CC[C@@]12CC3O[C@H]4C(O1)[C@H]1O[C@@H](CCO)CC[C@@H]1O[C@H]4[C@H]3O2)OC(=O)c1ccccc1.[3H][P+](P)=S. The van der Waals surface area contributed by atoms with Crippen LogP contribution in [-0.4, -0.2) is 168 Å². The largest absolute Gasteiger partial charge is 0.458 e. The third-order valence-electron chi connectivity index (χ3n) is 15.3.